The lowest BCUT2D eigenvalue weighted by Crippen LogP contribution is -2.09. The highest BCUT2D eigenvalue weighted by Crippen LogP contribution is 2.42. The second-order valence-electron chi connectivity index (χ2n) is 13.6. The van der Waals surface area contributed by atoms with Crippen LogP contribution in [0.25, 0.3) is 88.8 Å². The number of furan rings is 2. The molecule has 3 heterocycles. The molecule has 0 saturated heterocycles. The molecule has 3 aromatic heterocycles. The zero-order valence-corrected chi connectivity index (χ0v) is 29.4. The van der Waals surface area contributed by atoms with Crippen LogP contribution in [0.3, 0.4) is 0 Å². The molecular formula is C49H30N4O2. The Balaban J connectivity index is 1.10. The van der Waals surface area contributed by atoms with Gasteiger partial charge in [-0.1, -0.05) is 121 Å². The number of rotatable bonds is 6. The molecule has 0 N–H and O–H groups in total. The maximum Gasteiger partial charge on any atom is 0.164 e. The molecule has 6 nitrogen and oxygen atoms in total. The topological polar surface area (TPSA) is 68.2 Å². The molecule has 0 unspecified atom stereocenters. The molecule has 0 aliphatic rings. The van der Waals surface area contributed by atoms with Gasteiger partial charge in [-0.05, 0) is 65.4 Å². The summed E-state index contributed by atoms with van der Waals surface area (Å²) in [5.41, 5.74) is 8.89. The summed E-state index contributed by atoms with van der Waals surface area (Å²) in [6, 6.07) is 62.2. The zero-order valence-electron chi connectivity index (χ0n) is 29.4. The highest BCUT2D eigenvalue weighted by atomic mass is 16.3. The third-order valence-corrected chi connectivity index (χ3v) is 10.3. The molecule has 0 aliphatic carbocycles. The van der Waals surface area contributed by atoms with E-state index in [4.69, 9.17) is 23.8 Å². The van der Waals surface area contributed by atoms with Crippen molar-refractivity contribution in [2.24, 2.45) is 0 Å². The summed E-state index contributed by atoms with van der Waals surface area (Å²) in [5, 5.41) is 6.30. The second-order valence-corrected chi connectivity index (χ2v) is 13.6. The molecule has 0 spiro atoms. The van der Waals surface area contributed by atoms with E-state index >= 15 is 0 Å². The molecule has 11 rings (SSSR count). The van der Waals surface area contributed by atoms with Crippen LogP contribution in [0.4, 0.5) is 17.1 Å². The quantitative estimate of drug-likeness (QED) is 0.171. The van der Waals surface area contributed by atoms with Crippen molar-refractivity contribution >= 4 is 71.7 Å². The summed E-state index contributed by atoms with van der Waals surface area (Å²) in [5.74, 6) is 1.72. The highest BCUT2D eigenvalue weighted by Gasteiger charge is 2.21. The molecule has 258 valence electrons. The van der Waals surface area contributed by atoms with Crippen LogP contribution in [0.1, 0.15) is 0 Å². The van der Waals surface area contributed by atoms with E-state index in [0.29, 0.717) is 17.5 Å². The van der Waals surface area contributed by atoms with E-state index in [9.17, 15) is 0 Å². The van der Waals surface area contributed by atoms with Crippen LogP contribution in [-0.2, 0) is 0 Å². The number of nitrogens with zero attached hydrogens (tertiary/aromatic N) is 4. The fourth-order valence-corrected chi connectivity index (χ4v) is 7.77. The molecule has 0 atom stereocenters. The van der Waals surface area contributed by atoms with Gasteiger partial charge in [0.1, 0.15) is 22.3 Å². The van der Waals surface area contributed by atoms with Crippen molar-refractivity contribution in [3.05, 3.63) is 182 Å². The standard InChI is InChI=1S/C49H30N4O2/c1-3-14-32(15-4-1)47-50-48(39-20-11-23-42-45(39)37-19-9-10-22-41(37)54-42)52-49(51-47)40-21-12-24-43-46(40)38-28-27-36(30-44(38)55-43)53(34-17-5-2-6-18-34)35-26-25-31-13-7-8-16-33(31)29-35/h1-30H. The van der Waals surface area contributed by atoms with Gasteiger partial charge in [0.15, 0.2) is 17.5 Å². The highest BCUT2D eigenvalue weighted by molar-refractivity contribution is 6.14. The molecular weight excluding hydrogens is 677 g/mol. The van der Waals surface area contributed by atoms with Gasteiger partial charge in [0.2, 0.25) is 0 Å². The van der Waals surface area contributed by atoms with Gasteiger partial charge in [-0.25, -0.2) is 15.0 Å². The molecule has 55 heavy (non-hydrogen) atoms. The Labute approximate surface area is 315 Å². The summed E-state index contributed by atoms with van der Waals surface area (Å²) < 4.78 is 12.9. The lowest BCUT2D eigenvalue weighted by Gasteiger charge is -2.25. The average Bonchev–Trinajstić information content (AvgIpc) is 3.83. The first-order valence-corrected chi connectivity index (χ1v) is 18.3. The summed E-state index contributed by atoms with van der Waals surface area (Å²) >= 11 is 0. The van der Waals surface area contributed by atoms with E-state index in [0.717, 1.165) is 77.6 Å². The Morgan fingerprint density at radius 3 is 1.64 bits per heavy atom. The maximum atomic E-state index is 6.66. The van der Waals surface area contributed by atoms with Crippen molar-refractivity contribution in [3.8, 4) is 34.2 Å². The van der Waals surface area contributed by atoms with E-state index in [1.807, 2.05) is 78.9 Å². The van der Waals surface area contributed by atoms with E-state index in [1.165, 1.54) is 10.8 Å². The molecule has 11 aromatic rings. The van der Waals surface area contributed by atoms with Crippen molar-refractivity contribution < 1.29 is 8.83 Å². The maximum absolute atomic E-state index is 6.66. The first-order chi connectivity index (χ1) is 27.2. The van der Waals surface area contributed by atoms with E-state index in [-0.39, 0.29) is 0 Å². The molecule has 0 radical (unpaired) electrons. The predicted octanol–water partition coefficient (Wildman–Crippen LogP) is 13.3. The number of fused-ring (bicyclic) bond motifs is 7. The molecule has 6 heteroatoms. The van der Waals surface area contributed by atoms with Crippen LogP contribution in [0.2, 0.25) is 0 Å². The number of aromatic nitrogens is 3. The van der Waals surface area contributed by atoms with Gasteiger partial charge in [-0.3, -0.25) is 0 Å². The molecule has 0 saturated carbocycles. The zero-order chi connectivity index (χ0) is 36.3. The molecule has 0 fully saturated rings. The van der Waals surface area contributed by atoms with Gasteiger partial charge >= 0.3 is 0 Å². The Morgan fingerprint density at radius 2 is 0.891 bits per heavy atom. The van der Waals surface area contributed by atoms with Crippen LogP contribution >= 0.6 is 0 Å². The minimum absolute atomic E-state index is 0.563. The summed E-state index contributed by atoms with van der Waals surface area (Å²) in [4.78, 5) is 17.7. The van der Waals surface area contributed by atoms with Crippen molar-refractivity contribution in [2.75, 3.05) is 4.90 Å². The lowest BCUT2D eigenvalue weighted by atomic mass is 10.0. The third kappa shape index (κ3) is 5.23. The van der Waals surface area contributed by atoms with Gasteiger partial charge < -0.3 is 13.7 Å². The van der Waals surface area contributed by atoms with Crippen LogP contribution in [-0.4, -0.2) is 15.0 Å². The molecule has 8 aromatic carbocycles. The largest absolute Gasteiger partial charge is 0.456 e. The summed E-state index contributed by atoms with van der Waals surface area (Å²) in [7, 11) is 0. The Hall–Kier alpha value is -7.57. The Morgan fingerprint density at radius 1 is 0.345 bits per heavy atom. The number of hydrogen-bond donors (Lipinski definition) is 0. The first-order valence-electron chi connectivity index (χ1n) is 18.3. The van der Waals surface area contributed by atoms with Crippen molar-refractivity contribution in [1.82, 2.24) is 15.0 Å². The summed E-state index contributed by atoms with van der Waals surface area (Å²) in [6.45, 7) is 0. The van der Waals surface area contributed by atoms with E-state index in [2.05, 4.69) is 108 Å². The smallest absolute Gasteiger partial charge is 0.164 e. The number of anilines is 3. The predicted molar refractivity (Wildman–Crippen MR) is 223 cm³/mol. The van der Waals surface area contributed by atoms with Gasteiger partial charge in [-0.2, -0.15) is 0 Å². The number of hydrogen-bond acceptors (Lipinski definition) is 6. The fourth-order valence-electron chi connectivity index (χ4n) is 7.77. The third-order valence-electron chi connectivity index (χ3n) is 10.3. The van der Waals surface area contributed by atoms with E-state index < -0.39 is 0 Å². The van der Waals surface area contributed by atoms with Crippen LogP contribution in [0, 0.1) is 0 Å². The van der Waals surface area contributed by atoms with E-state index in [1.54, 1.807) is 0 Å². The molecule has 0 bridgehead atoms. The van der Waals surface area contributed by atoms with Gasteiger partial charge in [0.05, 0.1) is 0 Å². The Kier molecular flexibility index (Phi) is 7.07. The minimum atomic E-state index is 0.563. The summed E-state index contributed by atoms with van der Waals surface area (Å²) in [6.07, 6.45) is 0. The average molecular weight is 707 g/mol. The lowest BCUT2D eigenvalue weighted by molar-refractivity contribution is 0.668. The van der Waals surface area contributed by atoms with Crippen molar-refractivity contribution in [3.63, 3.8) is 0 Å². The van der Waals surface area contributed by atoms with Gasteiger partial charge in [0.25, 0.3) is 0 Å². The monoisotopic (exact) mass is 706 g/mol. The number of benzene rings is 8. The van der Waals surface area contributed by atoms with Gasteiger partial charge in [-0.15, -0.1) is 0 Å². The molecule has 0 amide bonds. The van der Waals surface area contributed by atoms with Crippen LogP contribution in [0.5, 0.6) is 0 Å². The molecule has 0 aliphatic heterocycles. The van der Waals surface area contributed by atoms with Gasteiger partial charge in [0, 0.05) is 61.4 Å². The fraction of sp³-hybridized carbons (Fsp3) is 0. The van der Waals surface area contributed by atoms with Crippen molar-refractivity contribution in [2.45, 2.75) is 0 Å². The SMILES string of the molecule is c1ccc(-c2nc(-c3cccc4oc5ccccc5c34)nc(-c3cccc4oc5cc(N(c6ccccc6)c6ccc7ccccc7c6)ccc5c34)n2)cc1. The minimum Gasteiger partial charge on any atom is -0.456 e. The Bertz CT molecular complexity index is 3220. The van der Waals surface area contributed by atoms with Crippen LogP contribution < -0.4 is 4.90 Å². The normalized spacial score (nSPS) is 11.6. The van der Waals surface area contributed by atoms with Crippen LogP contribution in [0.15, 0.2) is 191 Å². The first kappa shape index (κ1) is 31.0. The second kappa shape index (κ2) is 12.5. The van der Waals surface area contributed by atoms with Crippen molar-refractivity contribution in [1.29, 1.82) is 0 Å². The number of para-hydroxylation sites is 2.